The van der Waals surface area contributed by atoms with Gasteiger partial charge in [0.15, 0.2) is 0 Å². The highest BCUT2D eigenvalue weighted by Gasteiger charge is 2.26. The first kappa shape index (κ1) is 19.3. The molecule has 0 unspecified atom stereocenters. The Hall–Kier alpha value is -2.99. The number of aryl methyl sites for hydroxylation is 2. The molecule has 0 bridgehead atoms. The third-order valence-electron chi connectivity index (χ3n) is 5.10. The second kappa shape index (κ2) is 8.57. The fraction of sp³-hybridized carbons (Fsp3) is 0.261. The van der Waals surface area contributed by atoms with E-state index in [1.54, 1.807) is 30.5 Å². The van der Waals surface area contributed by atoms with Crippen LogP contribution in [0, 0.1) is 6.92 Å². The lowest BCUT2D eigenvalue weighted by Gasteiger charge is -2.10. The van der Waals surface area contributed by atoms with Crippen LogP contribution in [0.3, 0.4) is 0 Å². The first-order valence-electron chi connectivity index (χ1n) is 9.87. The summed E-state index contributed by atoms with van der Waals surface area (Å²) >= 11 is 1.53. The number of anilines is 2. The Morgan fingerprint density at radius 1 is 0.931 bits per heavy atom. The van der Waals surface area contributed by atoms with E-state index in [0.717, 1.165) is 43.2 Å². The predicted octanol–water partition coefficient (Wildman–Crippen LogP) is 5.23. The van der Waals surface area contributed by atoms with E-state index in [1.165, 1.54) is 16.2 Å². The van der Waals surface area contributed by atoms with Crippen molar-refractivity contribution in [3.8, 4) is 0 Å². The number of amides is 2. The number of rotatable bonds is 4. The van der Waals surface area contributed by atoms with Gasteiger partial charge in [-0.1, -0.05) is 30.2 Å². The molecule has 29 heavy (non-hydrogen) atoms. The number of thiophene rings is 1. The average molecular weight is 406 g/mol. The van der Waals surface area contributed by atoms with Crippen LogP contribution in [0.2, 0.25) is 0 Å². The normalized spacial score (nSPS) is 13.3. The van der Waals surface area contributed by atoms with Gasteiger partial charge in [0, 0.05) is 16.6 Å². The minimum Gasteiger partial charge on any atom is -0.313 e. The maximum absolute atomic E-state index is 13.1. The van der Waals surface area contributed by atoms with Crippen LogP contribution in [-0.2, 0) is 12.8 Å². The van der Waals surface area contributed by atoms with Crippen molar-refractivity contribution in [2.24, 2.45) is 0 Å². The van der Waals surface area contributed by atoms with Crippen LogP contribution in [0.5, 0.6) is 0 Å². The van der Waals surface area contributed by atoms with E-state index in [1.807, 2.05) is 25.1 Å². The Morgan fingerprint density at radius 2 is 1.72 bits per heavy atom. The topological polar surface area (TPSA) is 71.1 Å². The fourth-order valence-electron chi connectivity index (χ4n) is 3.57. The van der Waals surface area contributed by atoms with E-state index in [0.29, 0.717) is 21.9 Å². The van der Waals surface area contributed by atoms with E-state index in [9.17, 15) is 9.59 Å². The molecule has 0 aliphatic heterocycles. The Bertz CT molecular complexity index is 1030. The zero-order valence-corrected chi connectivity index (χ0v) is 17.1. The van der Waals surface area contributed by atoms with E-state index >= 15 is 0 Å². The highest BCUT2D eigenvalue weighted by Crippen LogP contribution is 2.38. The van der Waals surface area contributed by atoms with Crippen LogP contribution in [0.15, 0.2) is 48.7 Å². The third-order valence-corrected chi connectivity index (χ3v) is 6.30. The summed E-state index contributed by atoms with van der Waals surface area (Å²) in [5.41, 5.74) is 3.33. The molecule has 0 fully saturated rings. The predicted molar refractivity (Wildman–Crippen MR) is 117 cm³/mol. The number of fused-ring (bicyclic) bond motifs is 1. The molecule has 0 atom stereocenters. The Kier molecular flexibility index (Phi) is 5.71. The molecule has 4 rings (SSSR count). The fourth-order valence-corrected chi connectivity index (χ4v) is 4.85. The van der Waals surface area contributed by atoms with Crippen molar-refractivity contribution in [3.05, 3.63) is 75.8 Å². The SMILES string of the molecule is Cc1ccc(C(=O)Nc2sc3c(c2C(=O)Nc2ccccn2)CCCCC3)cc1. The van der Waals surface area contributed by atoms with Crippen LogP contribution in [0.25, 0.3) is 0 Å². The molecule has 0 saturated carbocycles. The molecule has 148 valence electrons. The molecule has 0 saturated heterocycles. The van der Waals surface area contributed by atoms with Gasteiger partial charge in [-0.2, -0.15) is 0 Å². The summed E-state index contributed by atoms with van der Waals surface area (Å²) in [6.07, 6.45) is 6.78. The van der Waals surface area contributed by atoms with Gasteiger partial charge in [0.1, 0.15) is 10.8 Å². The van der Waals surface area contributed by atoms with Crippen molar-refractivity contribution >= 4 is 34.0 Å². The average Bonchev–Trinajstić information content (AvgIpc) is 2.89. The van der Waals surface area contributed by atoms with Gasteiger partial charge in [0.25, 0.3) is 11.8 Å². The van der Waals surface area contributed by atoms with Crippen LogP contribution in [0.1, 0.15) is 56.0 Å². The number of pyridine rings is 1. The molecule has 0 radical (unpaired) electrons. The standard InChI is InChI=1S/C23H23N3O2S/c1-15-10-12-16(13-11-15)21(27)26-23-20(17-7-3-2-4-8-18(17)29-23)22(28)25-19-9-5-6-14-24-19/h5-6,9-14H,2-4,7-8H2,1H3,(H,26,27)(H,24,25,28). The third kappa shape index (κ3) is 4.38. The lowest BCUT2D eigenvalue weighted by Crippen LogP contribution is -2.18. The maximum Gasteiger partial charge on any atom is 0.260 e. The van der Waals surface area contributed by atoms with Gasteiger partial charge >= 0.3 is 0 Å². The summed E-state index contributed by atoms with van der Waals surface area (Å²) < 4.78 is 0. The van der Waals surface area contributed by atoms with Gasteiger partial charge in [0.2, 0.25) is 0 Å². The molecular formula is C23H23N3O2S. The number of nitrogens with one attached hydrogen (secondary N) is 2. The minimum absolute atomic E-state index is 0.201. The van der Waals surface area contributed by atoms with Crippen molar-refractivity contribution < 1.29 is 9.59 Å². The lowest BCUT2D eigenvalue weighted by molar-refractivity contribution is 0.102. The van der Waals surface area contributed by atoms with Gasteiger partial charge < -0.3 is 10.6 Å². The van der Waals surface area contributed by atoms with Gasteiger partial charge in [-0.15, -0.1) is 11.3 Å². The molecule has 0 spiro atoms. The monoisotopic (exact) mass is 405 g/mol. The zero-order chi connectivity index (χ0) is 20.2. The van der Waals surface area contributed by atoms with Gasteiger partial charge in [-0.3, -0.25) is 9.59 Å². The Labute approximate surface area is 174 Å². The number of hydrogen-bond acceptors (Lipinski definition) is 4. The second-order valence-corrected chi connectivity index (χ2v) is 8.36. The van der Waals surface area contributed by atoms with E-state index in [-0.39, 0.29) is 11.8 Å². The van der Waals surface area contributed by atoms with Crippen molar-refractivity contribution in [2.75, 3.05) is 10.6 Å². The lowest BCUT2D eigenvalue weighted by atomic mass is 10.0. The zero-order valence-electron chi connectivity index (χ0n) is 16.3. The van der Waals surface area contributed by atoms with E-state index in [4.69, 9.17) is 0 Å². The van der Waals surface area contributed by atoms with Crippen LogP contribution in [-0.4, -0.2) is 16.8 Å². The van der Waals surface area contributed by atoms with Crippen LogP contribution >= 0.6 is 11.3 Å². The summed E-state index contributed by atoms with van der Waals surface area (Å²) in [5, 5.41) is 6.49. The number of aromatic nitrogens is 1. The molecule has 2 N–H and O–H groups in total. The summed E-state index contributed by atoms with van der Waals surface area (Å²) in [6.45, 7) is 1.98. The van der Waals surface area contributed by atoms with Crippen molar-refractivity contribution in [2.45, 2.75) is 39.0 Å². The number of benzene rings is 1. The molecular weight excluding hydrogens is 382 g/mol. The van der Waals surface area contributed by atoms with E-state index in [2.05, 4.69) is 15.6 Å². The van der Waals surface area contributed by atoms with Gasteiger partial charge in [0.05, 0.1) is 5.56 Å². The largest absolute Gasteiger partial charge is 0.313 e. The van der Waals surface area contributed by atoms with Crippen LogP contribution < -0.4 is 10.6 Å². The van der Waals surface area contributed by atoms with Crippen LogP contribution in [0.4, 0.5) is 10.8 Å². The van der Waals surface area contributed by atoms with Gasteiger partial charge in [-0.05, 0) is 62.4 Å². The molecule has 2 amide bonds. The first-order chi connectivity index (χ1) is 14.1. The Morgan fingerprint density at radius 3 is 2.48 bits per heavy atom. The smallest absolute Gasteiger partial charge is 0.260 e. The molecule has 3 aromatic rings. The molecule has 1 aliphatic carbocycles. The first-order valence-corrected chi connectivity index (χ1v) is 10.7. The highest BCUT2D eigenvalue weighted by molar-refractivity contribution is 7.17. The summed E-state index contributed by atoms with van der Waals surface area (Å²) in [6, 6.07) is 12.8. The molecule has 1 aromatic carbocycles. The molecule has 6 heteroatoms. The molecule has 2 heterocycles. The quantitative estimate of drug-likeness (QED) is 0.584. The summed E-state index contributed by atoms with van der Waals surface area (Å²) in [7, 11) is 0. The summed E-state index contributed by atoms with van der Waals surface area (Å²) in [4.78, 5) is 31.3. The summed E-state index contributed by atoms with van der Waals surface area (Å²) in [5.74, 6) is 0.0810. The number of nitrogens with zero attached hydrogens (tertiary/aromatic N) is 1. The Balaban J connectivity index is 1.66. The maximum atomic E-state index is 13.1. The minimum atomic E-state index is -0.220. The molecule has 1 aliphatic rings. The highest BCUT2D eigenvalue weighted by atomic mass is 32.1. The molecule has 2 aromatic heterocycles. The van der Waals surface area contributed by atoms with Crippen molar-refractivity contribution in [3.63, 3.8) is 0 Å². The van der Waals surface area contributed by atoms with E-state index < -0.39 is 0 Å². The van der Waals surface area contributed by atoms with Crippen molar-refractivity contribution in [1.82, 2.24) is 4.98 Å². The number of hydrogen-bond donors (Lipinski definition) is 2. The van der Waals surface area contributed by atoms with Crippen molar-refractivity contribution in [1.29, 1.82) is 0 Å². The number of carbonyl (C=O) groups excluding carboxylic acids is 2. The van der Waals surface area contributed by atoms with Gasteiger partial charge in [-0.25, -0.2) is 4.98 Å². The number of carbonyl (C=O) groups is 2. The molecule has 5 nitrogen and oxygen atoms in total. The second-order valence-electron chi connectivity index (χ2n) is 7.26.